The molecule has 0 radical (unpaired) electrons. The predicted molar refractivity (Wildman–Crippen MR) is 164 cm³/mol. The van der Waals surface area contributed by atoms with Gasteiger partial charge in [0.2, 0.25) is 11.5 Å². The lowest BCUT2D eigenvalue weighted by molar-refractivity contribution is -0.330. The van der Waals surface area contributed by atoms with Gasteiger partial charge in [-0.25, -0.2) is 19.2 Å². The quantitative estimate of drug-likeness (QED) is 0.127. The number of hydrogen-bond acceptors (Lipinski definition) is 7. The van der Waals surface area contributed by atoms with Crippen molar-refractivity contribution in [2.75, 3.05) is 0 Å². The molecule has 2 aliphatic heterocycles. The lowest BCUT2D eigenvalue weighted by atomic mass is 9.85. The lowest BCUT2D eigenvalue weighted by Gasteiger charge is -2.44. The number of nitrogens with zero attached hydrogens (tertiary/aromatic N) is 4. The molecule has 4 aliphatic rings. The average molecular weight is 683 g/mol. The molecular weight excluding hydrogens is 647 g/mol. The van der Waals surface area contributed by atoms with Gasteiger partial charge in [-0.3, -0.25) is 9.00 Å². The second-order valence-electron chi connectivity index (χ2n) is 12.9. The molecule has 1 amide bonds. The molecule has 4 fully saturated rings. The van der Waals surface area contributed by atoms with Crippen molar-refractivity contribution in [2.24, 2.45) is 5.92 Å². The summed E-state index contributed by atoms with van der Waals surface area (Å²) in [5.41, 5.74) is 1.65. The van der Waals surface area contributed by atoms with Gasteiger partial charge in [-0.2, -0.15) is 17.6 Å². The zero-order valence-electron chi connectivity index (χ0n) is 25.6. The molecule has 7 atom stereocenters. The average Bonchev–Trinajstić information content (AvgIpc) is 3.66. The van der Waals surface area contributed by atoms with Crippen LogP contribution in [-0.2, 0) is 19.1 Å². The first kappa shape index (κ1) is 33.2. The summed E-state index contributed by atoms with van der Waals surface area (Å²) in [5.74, 6) is -6.16. The molecule has 15 heteroatoms. The van der Waals surface area contributed by atoms with E-state index in [0.717, 1.165) is 18.4 Å². The third-order valence-corrected chi connectivity index (χ3v) is 11.3. The molecule has 2 saturated heterocycles. The number of hydrogen-bond donors (Lipinski definition) is 0. The van der Waals surface area contributed by atoms with Crippen LogP contribution in [0.3, 0.4) is 0 Å². The maximum atomic E-state index is 16.0. The number of fused-ring (bicyclic) bond motifs is 3. The van der Waals surface area contributed by atoms with Gasteiger partial charge in [-0.15, -0.1) is 12.3 Å². The van der Waals surface area contributed by atoms with E-state index in [4.69, 9.17) is 15.9 Å². The summed E-state index contributed by atoms with van der Waals surface area (Å²) in [5, 5.41) is 3.17. The zero-order chi connectivity index (χ0) is 33.7. The van der Waals surface area contributed by atoms with E-state index in [1.165, 1.54) is 22.0 Å². The van der Waals surface area contributed by atoms with Crippen LogP contribution >= 0.6 is 0 Å². The van der Waals surface area contributed by atoms with E-state index >= 15 is 4.39 Å². The van der Waals surface area contributed by atoms with Crippen LogP contribution in [0.25, 0.3) is 11.0 Å². The summed E-state index contributed by atoms with van der Waals surface area (Å²) in [7, 11) is -3.09. The topological polar surface area (TPSA) is 104 Å². The Morgan fingerprint density at radius 1 is 1.21 bits per heavy atom. The molecule has 47 heavy (non-hydrogen) atoms. The van der Waals surface area contributed by atoms with Crippen LogP contribution in [0.1, 0.15) is 70.8 Å². The number of alkyl halides is 5. The van der Waals surface area contributed by atoms with Gasteiger partial charge in [-0.1, -0.05) is 12.5 Å². The molecule has 4 heterocycles. The van der Waals surface area contributed by atoms with E-state index in [0.29, 0.717) is 42.3 Å². The van der Waals surface area contributed by atoms with E-state index < -0.39 is 70.4 Å². The predicted octanol–water partition coefficient (Wildman–Crippen LogP) is 5.87. The summed E-state index contributed by atoms with van der Waals surface area (Å²) in [6.45, 7) is 1.80. The number of rotatable bonds is 11. The maximum absolute atomic E-state index is 16.0. The fraction of sp³-hybridized carbons (Fsp3) is 0.594. The van der Waals surface area contributed by atoms with Crippen molar-refractivity contribution in [3.05, 3.63) is 29.6 Å². The van der Waals surface area contributed by atoms with E-state index in [9.17, 15) is 31.4 Å². The monoisotopic (exact) mass is 682 g/mol. The van der Waals surface area contributed by atoms with Gasteiger partial charge >= 0.3 is 17.9 Å². The number of amides is 1. The fourth-order valence-corrected chi connectivity index (χ4v) is 8.39. The minimum atomic E-state index is -4.40. The number of piperidine rings is 1. The largest absolute Gasteiger partial charge is 0.474 e. The van der Waals surface area contributed by atoms with E-state index in [-0.39, 0.29) is 24.6 Å². The summed E-state index contributed by atoms with van der Waals surface area (Å²) in [6.07, 6.45) is 5.49. The molecule has 0 aromatic carbocycles. The first-order chi connectivity index (χ1) is 22.3. The van der Waals surface area contributed by atoms with E-state index in [2.05, 4.69) is 15.9 Å². The van der Waals surface area contributed by atoms with Crippen molar-refractivity contribution in [3.63, 3.8) is 0 Å². The van der Waals surface area contributed by atoms with Gasteiger partial charge in [0, 0.05) is 49.4 Å². The highest BCUT2D eigenvalue weighted by Crippen LogP contribution is 2.53. The summed E-state index contributed by atoms with van der Waals surface area (Å²) in [4.78, 5) is 34.4. The SMILES string of the molecule is C#CCC(C)C(C(F)CC=S(=O)(C=O)C=C1CC1)n1ccc2c(OC3CC4CCC(C3)N4C(=O)OC3CC(F)(F)C3(F)F)ncnc21. The van der Waals surface area contributed by atoms with Crippen LogP contribution < -0.4 is 4.74 Å². The van der Waals surface area contributed by atoms with E-state index in [1.807, 2.05) is 0 Å². The highest BCUT2D eigenvalue weighted by molar-refractivity contribution is 8.15. The molecule has 2 saturated carbocycles. The Balaban J connectivity index is 1.17. The van der Waals surface area contributed by atoms with Crippen LogP contribution in [0.4, 0.5) is 26.7 Å². The fourth-order valence-electron chi connectivity index (χ4n) is 6.92. The highest BCUT2D eigenvalue weighted by Gasteiger charge is 2.74. The normalized spacial score (nSPS) is 28.6. The highest BCUT2D eigenvalue weighted by atomic mass is 32.2. The Labute approximate surface area is 268 Å². The minimum absolute atomic E-state index is 0.232. The van der Waals surface area contributed by atoms with Crippen LogP contribution in [0.5, 0.6) is 5.88 Å². The van der Waals surface area contributed by atoms with Crippen LogP contribution in [0, 0.1) is 18.3 Å². The van der Waals surface area contributed by atoms with Crippen molar-refractivity contribution < 1.29 is 45.2 Å². The summed E-state index contributed by atoms with van der Waals surface area (Å²) < 4.78 is 95.7. The van der Waals surface area contributed by atoms with Crippen molar-refractivity contribution >= 4 is 37.6 Å². The lowest BCUT2D eigenvalue weighted by Crippen LogP contribution is -2.64. The molecule has 9 nitrogen and oxygen atoms in total. The Bertz CT molecular complexity index is 1730. The molecule has 2 aromatic heterocycles. The number of aromatic nitrogens is 3. The molecule has 2 bridgehead atoms. The Hall–Kier alpha value is -3.67. The molecule has 2 aliphatic carbocycles. The van der Waals surface area contributed by atoms with Crippen molar-refractivity contribution in [3.8, 4) is 18.2 Å². The Morgan fingerprint density at radius 3 is 2.51 bits per heavy atom. The molecule has 2 aromatic rings. The smallest absolute Gasteiger partial charge is 0.410 e. The number of allylic oxidation sites excluding steroid dienone is 1. The third-order valence-electron chi connectivity index (χ3n) is 9.56. The molecular formula is C32H35F5N4O5S. The first-order valence-corrected chi connectivity index (χ1v) is 17.3. The minimum Gasteiger partial charge on any atom is -0.474 e. The van der Waals surface area contributed by atoms with Crippen LogP contribution in [0.2, 0.25) is 0 Å². The third kappa shape index (κ3) is 6.33. The first-order valence-electron chi connectivity index (χ1n) is 15.6. The van der Waals surface area contributed by atoms with Crippen molar-refractivity contribution in [1.29, 1.82) is 0 Å². The second kappa shape index (κ2) is 12.4. The maximum Gasteiger partial charge on any atom is 0.410 e. The summed E-state index contributed by atoms with van der Waals surface area (Å²) >= 11 is 0. The van der Waals surface area contributed by atoms with Gasteiger partial charge in [0.1, 0.15) is 24.3 Å². The number of carbonyl (C=O) groups excluding carboxylic acids is 2. The van der Waals surface area contributed by atoms with Gasteiger partial charge in [0.05, 0.1) is 27.4 Å². The standard InChI is InChI=1S/C32H35F5N4O5S/c1-3-4-19(2)27(25(33)10-12-47(44,18-42)16-20-5-6-20)40-11-9-24-28(40)38-17-39-29(24)45-23-13-21-7-8-22(14-23)41(21)30(43)46-26-15-31(34,35)32(26,36)37/h1,9,11-12,16-19,21-23,25-27H,4-8,10,13-15H2,2H3. The number of carbonyl (C=O) groups is 2. The Kier molecular flexibility index (Phi) is 8.78. The molecule has 0 spiro atoms. The van der Waals surface area contributed by atoms with Crippen LogP contribution in [0.15, 0.2) is 29.6 Å². The van der Waals surface area contributed by atoms with Crippen molar-refractivity contribution in [1.82, 2.24) is 19.4 Å². The second-order valence-corrected chi connectivity index (χ2v) is 15.1. The molecule has 6 rings (SSSR count). The number of ether oxygens (including phenoxy) is 2. The van der Waals surface area contributed by atoms with E-state index in [1.54, 1.807) is 23.8 Å². The molecule has 0 N–H and O–H groups in total. The van der Waals surface area contributed by atoms with Crippen LogP contribution in [-0.4, -0.2) is 83.0 Å². The summed E-state index contributed by atoms with van der Waals surface area (Å²) in [6, 6.07) is 0.0899. The number of terminal acetylenes is 1. The van der Waals surface area contributed by atoms with Gasteiger partial charge in [0.25, 0.3) is 0 Å². The van der Waals surface area contributed by atoms with Gasteiger partial charge < -0.3 is 18.9 Å². The number of halogens is 5. The van der Waals surface area contributed by atoms with Gasteiger partial charge in [0.15, 0.2) is 6.10 Å². The Morgan fingerprint density at radius 2 is 1.91 bits per heavy atom. The van der Waals surface area contributed by atoms with Crippen molar-refractivity contribution in [2.45, 2.75) is 113 Å². The zero-order valence-corrected chi connectivity index (χ0v) is 26.4. The molecule has 254 valence electrons. The van der Waals surface area contributed by atoms with Gasteiger partial charge in [-0.05, 0) is 43.0 Å². The molecule has 7 unspecified atom stereocenters.